The smallest absolute Gasteiger partial charge is 0.422 e. The van der Waals surface area contributed by atoms with Crippen molar-refractivity contribution in [3.8, 4) is 5.75 Å². The molecule has 8 heteroatoms. The van der Waals surface area contributed by atoms with Gasteiger partial charge in [-0.1, -0.05) is 0 Å². The first-order valence-electron chi connectivity index (χ1n) is 5.92. The number of phenolic OH excluding ortho intramolecular Hbond substituents is 1. The van der Waals surface area contributed by atoms with Crippen LogP contribution in [0.3, 0.4) is 0 Å². The first-order valence-corrected chi connectivity index (χ1v) is 7.40. The number of nitrogens with one attached hydrogen (secondary N) is 2. The molecule has 3 N–H and O–H groups in total. The van der Waals surface area contributed by atoms with Crippen LogP contribution in [0.2, 0.25) is 0 Å². The summed E-state index contributed by atoms with van der Waals surface area (Å²) in [7, 11) is -4.09. The Morgan fingerprint density at radius 2 is 1.85 bits per heavy atom. The Bertz CT molecular complexity index is 611. The summed E-state index contributed by atoms with van der Waals surface area (Å²) in [5.74, 6) is 0.0672. The molecule has 1 aromatic rings. The van der Waals surface area contributed by atoms with Crippen molar-refractivity contribution in [1.29, 1.82) is 0 Å². The molecule has 20 heavy (non-hydrogen) atoms. The monoisotopic (exact) mass is 302 g/mol. The van der Waals surface area contributed by atoms with Gasteiger partial charge >= 0.3 is 16.3 Å². The third-order valence-electron chi connectivity index (χ3n) is 2.35. The first-order chi connectivity index (χ1) is 9.10. The van der Waals surface area contributed by atoms with Gasteiger partial charge in [0.2, 0.25) is 0 Å². The van der Waals surface area contributed by atoms with Crippen LogP contribution in [0.5, 0.6) is 5.75 Å². The highest BCUT2D eigenvalue weighted by Crippen LogP contribution is 2.25. The Labute approximate surface area is 118 Å². The molecule has 0 heterocycles. The Morgan fingerprint density at radius 1 is 1.25 bits per heavy atom. The zero-order valence-corrected chi connectivity index (χ0v) is 12.5. The number of aromatic hydroxyl groups is 1. The first kappa shape index (κ1) is 16.1. The zero-order chi connectivity index (χ0) is 15.5. The van der Waals surface area contributed by atoms with Crippen molar-refractivity contribution in [3.05, 3.63) is 23.3 Å². The van der Waals surface area contributed by atoms with Crippen molar-refractivity contribution in [1.82, 2.24) is 4.72 Å². The van der Waals surface area contributed by atoms with Crippen LogP contribution >= 0.6 is 0 Å². The lowest BCUT2D eigenvalue weighted by molar-refractivity contribution is 0.121. The molecule has 0 radical (unpaired) electrons. The second-order valence-corrected chi connectivity index (χ2v) is 6.03. The summed E-state index contributed by atoms with van der Waals surface area (Å²) in [4.78, 5) is 11.3. The lowest BCUT2D eigenvalue weighted by Crippen LogP contribution is -2.37. The number of aryl methyl sites for hydroxylation is 2. The van der Waals surface area contributed by atoms with Crippen LogP contribution in [0.4, 0.5) is 10.5 Å². The van der Waals surface area contributed by atoms with E-state index in [-0.39, 0.29) is 11.4 Å². The van der Waals surface area contributed by atoms with Crippen LogP contribution in [0.15, 0.2) is 12.1 Å². The largest absolute Gasteiger partial charge is 0.508 e. The van der Waals surface area contributed by atoms with Gasteiger partial charge in [0, 0.05) is 0 Å². The van der Waals surface area contributed by atoms with Gasteiger partial charge in [0.05, 0.1) is 11.8 Å². The van der Waals surface area contributed by atoms with Gasteiger partial charge < -0.3 is 9.84 Å². The van der Waals surface area contributed by atoms with Crippen molar-refractivity contribution in [2.75, 3.05) is 4.72 Å². The number of carbonyl (C=O) groups is 1. The number of amides is 1. The molecule has 0 fully saturated rings. The maximum absolute atomic E-state index is 11.8. The van der Waals surface area contributed by atoms with Crippen LogP contribution in [-0.2, 0) is 14.9 Å². The van der Waals surface area contributed by atoms with Crippen molar-refractivity contribution in [3.63, 3.8) is 0 Å². The predicted molar refractivity (Wildman–Crippen MR) is 74.9 cm³/mol. The third-order valence-corrected chi connectivity index (χ3v) is 3.27. The predicted octanol–water partition coefficient (Wildman–Crippen LogP) is 1.80. The SMILES string of the molecule is Cc1cc(NS(=O)(=O)NC(=O)OC(C)C)c(C)cc1O. The number of hydrogen-bond acceptors (Lipinski definition) is 5. The molecule has 7 nitrogen and oxygen atoms in total. The molecule has 0 bridgehead atoms. The number of hydrogen-bond donors (Lipinski definition) is 3. The molecule has 0 aliphatic heterocycles. The number of phenols is 1. The zero-order valence-electron chi connectivity index (χ0n) is 11.7. The number of benzene rings is 1. The average Bonchev–Trinajstić information content (AvgIpc) is 2.23. The van der Waals surface area contributed by atoms with E-state index >= 15 is 0 Å². The van der Waals surface area contributed by atoms with E-state index in [0.29, 0.717) is 11.1 Å². The summed E-state index contributed by atoms with van der Waals surface area (Å²) in [5.41, 5.74) is 1.30. The van der Waals surface area contributed by atoms with Gasteiger partial charge in [0.25, 0.3) is 0 Å². The molecule has 0 saturated heterocycles. The molecule has 1 rings (SSSR count). The maximum Gasteiger partial charge on any atom is 0.422 e. The van der Waals surface area contributed by atoms with Gasteiger partial charge in [-0.05, 0) is 51.0 Å². The van der Waals surface area contributed by atoms with E-state index in [1.54, 1.807) is 32.4 Å². The summed E-state index contributed by atoms with van der Waals surface area (Å²) in [6.45, 7) is 6.47. The Balaban J connectivity index is 2.87. The van der Waals surface area contributed by atoms with E-state index in [2.05, 4.69) is 9.46 Å². The van der Waals surface area contributed by atoms with Crippen LogP contribution < -0.4 is 9.44 Å². The Hall–Kier alpha value is -1.96. The van der Waals surface area contributed by atoms with Crippen molar-refractivity contribution >= 4 is 22.0 Å². The fourth-order valence-electron chi connectivity index (χ4n) is 1.43. The lowest BCUT2D eigenvalue weighted by Gasteiger charge is -2.13. The van der Waals surface area contributed by atoms with Crippen molar-refractivity contribution in [2.45, 2.75) is 33.8 Å². The quantitative estimate of drug-likeness (QED) is 0.736. The summed E-state index contributed by atoms with van der Waals surface area (Å²) >= 11 is 0. The number of ether oxygens (including phenoxy) is 1. The molecule has 0 aliphatic rings. The van der Waals surface area contributed by atoms with E-state index in [9.17, 15) is 18.3 Å². The normalized spacial score (nSPS) is 11.2. The summed E-state index contributed by atoms with van der Waals surface area (Å²) in [6.07, 6.45) is -1.48. The number of anilines is 1. The lowest BCUT2D eigenvalue weighted by atomic mass is 10.1. The molecule has 1 amide bonds. The minimum atomic E-state index is -4.09. The molecular weight excluding hydrogens is 284 g/mol. The molecule has 112 valence electrons. The fourth-order valence-corrected chi connectivity index (χ4v) is 2.26. The maximum atomic E-state index is 11.8. The van der Waals surface area contributed by atoms with Crippen molar-refractivity contribution in [2.24, 2.45) is 0 Å². The van der Waals surface area contributed by atoms with E-state index in [0.717, 1.165) is 0 Å². The van der Waals surface area contributed by atoms with Crippen molar-refractivity contribution < 1.29 is 23.1 Å². The van der Waals surface area contributed by atoms with Gasteiger partial charge in [0.15, 0.2) is 0 Å². The molecule has 0 unspecified atom stereocenters. The topological polar surface area (TPSA) is 105 Å². The van der Waals surface area contributed by atoms with Gasteiger partial charge in [-0.15, -0.1) is 0 Å². The summed E-state index contributed by atoms with van der Waals surface area (Å²) in [5, 5.41) is 9.50. The molecule has 0 saturated carbocycles. The van der Waals surface area contributed by atoms with Gasteiger partial charge in [-0.25, -0.2) is 9.52 Å². The second-order valence-electron chi connectivity index (χ2n) is 4.62. The average molecular weight is 302 g/mol. The summed E-state index contributed by atoms with van der Waals surface area (Å²) < 4.78 is 32.1. The Kier molecular flexibility index (Phi) is 4.83. The number of carbonyl (C=O) groups excluding carboxylic acids is 1. The van der Waals surface area contributed by atoms with Crippen LogP contribution in [0, 0.1) is 13.8 Å². The van der Waals surface area contributed by atoms with Gasteiger partial charge in [-0.2, -0.15) is 8.42 Å². The Morgan fingerprint density at radius 3 is 2.40 bits per heavy atom. The highest BCUT2D eigenvalue weighted by molar-refractivity contribution is 7.91. The minimum absolute atomic E-state index is 0.0672. The van der Waals surface area contributed by atoms with Gasteiger partial charge in [-0.3, -0.25) is 4.72 Å². The number of rotatable bonds is 4. The van der Waals surface area contributed by atoms with Gasteiger partial charge in [0.1, 0.15) is 5.75 Å². The molecular formula is C12H18N2O5S. The molecule has 1 aromatic carbocycles. The third kappa shape index (κ3) is 4.61. The minimum Gasteiger partial charge on any atom is -0.508 e. The van der Waals surface area contributed by atoms with E-state index in [4.69, 9.17) is 0 Å². The molecule has 0 aliphatic carbocycles. The highest BCUT2D eigenvalue weighted by atomic mass is 32.2. The molecule has 0 aromatic heterocycles. The van der Waals surface area contributed by atoms with Crippen LogP contribution in [0.25, 0.3) is 0 Å². The summed E-state index contributed by atoms with van der Waals surface area (Å²) in [6, 6.07) is 2.90. The second kappa shape index (κ2) is 6.00. The van der Waals surface area contributed by atoms with Crippen LogP contribution in [0.1, 0.15) is 25.0 Å². The highest BCUT2D eigenvalue weighted by Gasteiger charge is 2.17. The molecule has 0 atom stereocenters. The molecule has 0 spiro atoms. The van der Waals surface area contributed by atoms with E-state index < -0.39 is 22.4 Å². The standard InChI is InChI=1S/C12H18N2O5S/c1-7(2)19-12(16)14-20(17,18)13-10-5-9(4)11(15)6-8(10)3/h5-7,13,15H,1-4H3,(H,14,16). The van der Waals surface area contributed by atoms with E-state index in [1.165, 1.54) is 12.1 Å². The fraction of sp³-hybridized carbons (Fsp3) is 0.417. The van der Waals surface area contributed by atoms with Crippen LogP contribution in [-0.4, -0.2) is 25.7 Å². The van der Waals surface area contributed by atoms with E-state index in [1.807, 2.05) is 0 Å².